The average Bonchev–Trinajstić information content (AvgIpc) is 2.85. The number of hydrogen-bond acceptors (Lipinski definition) is 5. The van der Waals surface area contributed by atoms with Gasteiger partial charge in [-0.25, -0.2) is 4.98 Å². The summed E-state index contributed by atoms with van der Waals surface area (Å²) < 4.78 is 0. The zero-order chi connectivity index (χ0) is 14.5. The van der Waals surface area contributed by atoms with Gasteiger partial charge in [0.2, 0.25) is 0 Å². The van der Waals surface area contributed by atoms with Crippen molar-refractivity contribution in [1.29, 1.82) is 0 Å². The zero-order valence-electron chi connectivity index (χ0n) is 10.9. The van der Waals surface area contributed by atoms with Gasteiger partial charge >= 0.3 is 0 Å². The fourth-order valence-electron chi connectivity index (χ4n) is 1.72. The molecule has 0 amide bonds. The Balaban J connectivity index is 1.96. The summed E-state index contributed by atoms with van der Waals surface area (Å²) in [7, 11) is 0. The highest BCUT2D eigenvalue weighted by Crippen LogP contribution is 2.18. The lowest BCUT2D eigenvalue weighted by Crippen LogP contribution is -2.15. The molecule has 5 nitrogen and oxygen atoms in total. The first-order chi connectivity index (χ1) is 9.60. The first-order valence-corrected chi connectivity index (χ1v) is 7.24. The van der Waals surface area contributed by atoms with Crippen molar-refractivity contribution in [2.45, 2.75) is 20.0 Å². The topological polar surface area (TPSA) is 83.5 Å². The molecule has 1 aromatic heterocycles. The van der Waals surface area contributed by atoms with Gasteiger partial charge in [0, 0.05) is 29.1 Å². The highest BCUT2D eigenvalue weighted by molar-refractivity contribution is 7.09. The first kappa shape index (κ1) is 14.8. The Bertz CT molecular complexity index is 627. The lowest BCUT2D eigenvalue weighted by Gasteiger charge is -2.07. The van der Waals surface area contributed by atoms with E-state index in [-0.39, 0.29) is 5.84 Å². The molecule has 0 atom stereocenters. The number of rotatable bonds is 5. The van der Waals surface area contributed by atoms with E-state index in [2.05, 4.69) is 15.5 Å². The minimum Gasteiger partial charge on any atom is -0.409 e. The Hall–Kier alpha value is -1.63. The van der Waals surface area contributed by atoms with Crippen LogP contribution in [-0.4, -0.2) is 16.0 Å². The molecule has 7 heteroatoms. The molecule has 20 heavy (non-hydrogen) atoms. The molecule has 2 aromatic rings. The van der Waals surface area contributed by atoms with Crippen LogP contribution in [0.5, 0.6) is 0 Å². The van der Waals surface area contributed by atoms with Crippen LogP contribution < -0.4 is 11.1 Å². The maximum Gasteiger partial charge on any atom is 0.170 e. The van der Waals surface area contributed by atoms with E-state index < -0.39 is 0 Å². The maximum atomic E-state index is 8.62. The second-order valence-electron chi connectivity index (χ2n) is 4.25. The number of nitrogens with one attached hydrogen (secondary N) is 1. The summed E-state index contributed by atoms with van der Waals surface area (Å²) in [6.45, 7) is 3.31. The first-order valence-electron chi connectivity index (χ1n) is 5.98. The van der Waals surface area contributed by atoms with Crippen LogP contribution in [0.3, 0.4) is 0 Å². The lowest BCUT2D eigenvalue weighted by atomic mass is 10.1. The largest absolute Gasteiger partial charge is 0.409 e. The number of nitrogens with zero attached hydrogens (tertiary/aromatic N) is 2. The average molecular weight is 311 g/mol. The van der Waals surface area contributed by atoms with E-state index in [1.54, 1.807) is 23.5 Å². The van der Waals surface area contributed by atoms with Crippen LogP contribution in [0.2, 0.25) is 5.02 Å². The van der Waals surface area contributed by atoms with E-state index in [4.69, 9.17) is 22.5 Å². The molecular weight excluding hydrogens is 296 g/mol. The van der Waals surface area contributed by atoms with Gasteiger partial charge in [-0.2, -0.15) is 0 Å². The third-order valence-corrected chi connectivity index (χ3v) is 3.92. The molecule has 1 aromatic carbocycles. The summed E-state index contributed by atoms with van der Waals surface area (Å²) in [5.41, 5.74) is 8.08. The van der Waals surface area contributed by atoms with Crippen LogP contribution in [-0.2, 0) is 13.1 Å². The molecule has 0 saturated carbocycles. The smallest absolute Gasteiger partial charge is 0.170 e. The van der Waals surface area contributed by atoms with Gasteiger partial charge in [-0.3, -0.25) is 0 Å². The minimum absolute atomic E-state index is 0.0457. The monoisotopic (exact) mass is 310 g/mol. The van der Waals surface area contributed by atoms with Crippen molar-refractivity contribution < 1.29 is 5.21 Å². The van der Waals surface area contributed by atoms with Gasteiger partial charge in [-0.1, -0.05) is 28.9 Å². The number of thiazole rings is 1. The van der Waals surface area contributed by atoms with Crippen molar-refractivity contribution in [3.05, 3.63) is 50.4 Å². The molecule has 0 saturated heterocycles. The Kier molecular flexibility index (Phi) is 4.94. The molecular formula is C13H15ClN4OS. The fourth-order valence-corrected chi connectivity index (χ4v) is 2.58. The highest BCUT2D eigenvalue weighted by Gasteiger charge is 2.05. The van der Waals surface area contributed by atoms with Crippen molar-refractivity contribution in [2.75, 3.05) is 0 Å². The number of hydrogen-bond donors (Lipinski definition) is 3. The summed E-state index contributed by atoms with van der Waals surface area (Å²) in [5.74, 6) is 0.0457. The van der Waals surface area contributed by atoms with Gasteiger partial charge in [-0.15, -0.1) is 11.3 Å². The zero-order valence-corrected chi connectivity index (χ0v) is 12.5. The number of aryl methyl sites for hydroxylation is 1. The van der Waals surface area contributed by atoms with Gasteiger partial charge in [0.1, 0.15) is 0 Å². The van der Waals surface area contributed by atoms with E-state index in [0.29, 0.717) is 23.7 Å². The van der Waals surface area contributed by atoms with E-state index in [1.807, 2.05) is 18.4 Å². The standard InChI is InChI=1S/C13H15ClN4OS/c1-8-17-11(7-20-8)6-16-5-10-3-2-9(4-12(10)14)13(15)18-19/h2-4,7,16,19H,5-6H2,1H3,(H2,15,18). The number of halogens is 1. The fraction of sp³-hybridized carbons (Fsp3) is 0.231. The third kappa shape index (κ3) is 3.69. The number of aromatic nitrogens is 1. The Morgan fingerprint density at radius 3 is 2.90 bits per heavy atom. The normalized spacial score (nSPS) is 11.8. The van der Waals surface area contributed by atoms with Crippen LogP contribution in [0.25, 0.3) is 0 Å². The van der Waals surface area contributed by atoms with Crippen LogP contribution in [0, 0.1) is 6.92 Å². The van der Waals surface area contributed by atoms with Crippen LogP contribution in [0.4, 0.5) is 0 Å². The quantitative estimate of drug-likeness (QED) is 0.343. The van der Waals surface area contributed by atoms with Crippen LogP contribution in [0.1, 0.15) is 21.8 Å². The van der Waals surface area contributed by atoms with Gasteiger partial charge in [0.15, 0.2) is 5.84 Å². The van der Waals surface area contributed by atoms with Crippen molar-refractivity contribution in [3.8, 4) is 0 Å². The van der Waals surface area contributed by atoms with Crippen molar-refractivity contribution in [3.63, 3.8) is 0 Å². The van der Waals surface area contributed by atoms with Crippen LogP contribution in [0.15, 0.2) is 28.7 Å². The number of nitrogens with two attached hydrogens (primary N) is 1. The number of amidine groups is 1. The Labute approximate surface area is 126 Å². The molecule has 0 radical (unpaired) electrons. The van der Waals surface area contributed by atoms with Gasteiger partial charge in [0.25, 0.3) is 0 Å². The van der Waals surface area contributed by atoms with Crippen molar-refractivity contribution >= 4 is 28.8 Å². The molecule has 0 unspecified atom stereocenters. The summed E-state index contributed by atoms with van der Waals surface area (Å²) in [6, 6.07) is 5.31. The van der Waals surface area contributed by atoms with E-state index in [1.165, 1.54) is 0 Å². The predicted molar refractivity (Wildman–Crippen MR) is 81.4 cm³/mol. The van der Waals surface area contributed by atoms with Crippen molar-refractivity contribution in [1.82, 2.24) is 10.3 Å². The molecule has 106 valence electrons. The Morgan fingerprint density at radius 2 is 2.30 bits per heavy atom. The summed E-state index contributed by atoms with van der Waals surface area (Å²) in [6.07, 6.45) is 0. The van der Waals surface area contributed by atoms with Crippen LogP contribution >= 0.6 is 22.9 Å². The Morgan fingerprint density at radius 1 is 1.50 bits per heavy atom. The molecule has 4 N–H and O–H groups in total. The summed E-state index contributed by atoms with van der Waals surface area (Å²) in [5, 5.41) is 18.5. The minimum atomic E-state index is 0.0457. The molecule has 2 rings (SSSR count). The predicted octanol–water partition coefficient (Wildman–Crippen LogP) is 2.49. The van der Waals surface area contributed by atoms with Crippen molar-refractivity contribution in [2.24, 2.45) is 10.9 Å². The molecule has 0 bridgehead atoms. The van der Waals surface area contributed by atoms with E-state index in [9.17, 15) is 0 Å². The lowest BCUT2D eigenvalue weighted by molar-refractivity contribution is 0.318. The molecule has 0 fully saturated rings. The molecule has 0 spiro atoms. The molecule has 0 aliphatic heterocycles. The van der Waals surface area contributed by atoms with E-state index in [0.717, 1.165) is 16.3 Å². The second kappa shape index (κ2) is 6.69. The second-order valence-corrected chi connectivity index (χ2v) is 5.72. The van der Waals surface area contributed by atoms with Gasteiger partial charge < -0.3 is 16.3 Å². The van der Waals surface area contributed by atoms with Gasteiger partial charge in [0.05, 0.1) is 10.7 Å². The van der Waals surface area contributed by atoms with E-state index >= 15 is 0 Å². The third-order valence-electron chi connectivity index (χ3n) is 2.74. The number of benzene rings is 1. The number of oxime groups is 1. The highest BCUT2D eigenvalue weighted by atomic mass is 35.5. The summed E-state index contributed by atoms with van der Waals surface area (Å²) >= 11 is 7.80. The summed E-state index contributed by atoms with van der Waals surface area (Å²) in [4.78, 5) is 4.38. The maximum absolute atomic E-state index is 8.62. The molecule has 0 aliphatic carbocycles. The SMILES string of the molecule is Cc1nc(CNCc2ccc(/C(N)=N/O)cc2Cl)cs1. The molecule has 0 aliphatic rings. The molecule has 1 heterocycles. The van der Waals surface area contributed by atoms with Gasteiger partial charge in [-0.05, 0) is 18.6 Å².